The predicted molar refractivity (Wildman–Crippen MR) is 141 cm³/mol. The van der Waals surface area contributed by atoms with Crippen molar-refractivity contribution in [3.63, 3.8) is 0 Å². The molecule has 0 unspecified atom stereocenters. The minimum absolute atomic E-state index is 0.687. The van der Waals surface area contributed by atoms with Gasteiger partial charge < -0.3 is 4.74 Å². The second-order valence-electron chi connectivity index (χ2n) is 8.65. The molecule has 176 valence electrons. The zero-order chi connectivity index (χ0) is 23.4. The maximum absolute atomic E-state index is 8.91. The van der Waals surface area contributed by atoms with Gasteiger partial charge in [-0.15, -0.1) is 0 Å². The van der Waals surface area contributed by atoms with Crippen molar-refractivity contribution >= 4 is 0 Å². The van der Waals surface area contributed by atoms with Crippen molar-refractivity contribution in [2.75, 3.05) is 6.61 Å². The van der Waals surface area contributed by atoms with Gasteiger partial charge in [0.15, 0.2) is 0 Å². The molecule has 2 nitrogen and oxygen atoms in total. The molecule has 0 spiro atoms. The maximum atomic E-state index is 8.91. The van der Waals surface area contributed by atoms with E-state index in [1.807, 2.05) is 36.4 Å². The van der Waals surface area contributed by atoms with Crippen LogP contribution in [0, 0.1) is 11.3 Å². The number of nitriles is 1. The molecule has 0 heterocycles. The summed E-state index contributed by atoms with van der Waals surface area (Å²) in [6.07, 6.45) is 24.4. The van der Waals surface area contributed by atoms with E-state index in [2.05, 4.69) is 49.4 Å². The molecular weight excluding hydrogens is 402 g/mol. The Hall–Kier alpha value is -2.79. The van der Waals surface area contributed by atoms with Crippen LogP contribution in [-0.4, -0.2) is 6.61 Å². The van der Waals surface area contributed by atoms with Crippen LogP contribution in [0.25, 0.3) is 11.1 Å². The van der Waals surface area contributed by atoms with Crippen molar-refractivity contribution in [1.29, 1.82) is 5.26 Å². The fourth-order valence-corrected chi connectivity index (χ4v) is 3.76. The molecule has 0 atom stereocenters. The van der Waals surface area contributed by atoms with Crippen LogP contribution in [0.2, 0.25) is 0 Å². The first-order valence-electron chi connectivity index (χ1n) is 12.9. The fourth-order valence-electron chi connectivity index (χ4n) is 3.76. The molecule has 2 rings (SSSR count). The van der Waals surface area contributed by atoms with Crippen molar-refractivity contribution in [3.05, 3.63) is 78.4 Å². The van der Waals surface area contributed by atoms with E-state index in [0.717, 1.165) is 36.3 Å². The molecule has 0 aliphatic heterocycles. The quantitative estimate of drug-likeness (QED) is 0.180. The van der Waals surface area contributed by atoms with Crippen LogP contribution in [0.3, 0.4) is 0 Å². The first kappa shape index (κ1) is 26.5. The highest BCUT2D eigenvalue weighted by molar-refractivity contribution is 5.64. The highest BCUT2D eigenvalue weighted by atomic mass is 16.5. The number of ether oxygens (including phenoxy) is 1. The lowest BCUT2D eigenvalue weighted by molar-refractivity contribution is 0.304. The lowest BCUT2D eigenvalue weighted by Crippen LogP contribution is -1.97. The molecular formula is C31H41NO. The van der Waals surface area contributed by atoms with Crippen LogP contribution in [0.5, 0.6) is 5.75 Å². The number of rotatable bonds is 17. The van der Waals surface area contributed by atoms with Crippen molar-refractivity contribution in [1.82, 2.24) is 0 Å². The number of benzene rings is 2. The van der Waals surface area contributed by atoms with Crippen LogP contribution < -0.4 is 4.74 Å². The van der Waals surface area contributed by atoms with Crippen molar-refractivity contribution in [2.24, 2.45) is 0 Å². The first-order valence-corrected chi connectivity index (χ1v) is 12.9. The topological polar surface area (TPSA) is 33.0 Å². The zero-order valence-electron chi connectivity index (χ0n) is 20.5. The van der Waals surface area contributed by atoms with Gasteiger partial charge in [0.1, 0.15) is 5.75 Å². The smallest absolute Gasteiger partial charge is 0.119 e. The van der Waals surface area contributed by atoms with E-state index < -0.39 is 0 Å². The Labute approximate surface area is 202 Å². The number of hydrogen-bond donors (Lipinski definition) is 0. The van der Waals surface area contributed by atoms with Gasteiger partial charge in [-0.3, -0.25) is 0 Å². The summed E-state index contributed by atoms with van der Waals surface area (Å²) < 4.78 is 5.89. The van der Waals surface area contributed by atoms with Gasteiger partial charge in [-0.25, -0.2) is 0 Å². The number of nitrogens with zero attached hydrogens (tertiary/aromatic N) is 1. The van der Waals surface area contributed by atoms with Crippen LogP contribution in [0.4, 0.5) is 0 Å². The molecule has 0 fully saturated rings. The summed E-state index contributed by atoms with van der Waals surface area (Å²) in [4.78, 5) is 0. The van der Waals surface area contributed by atoms with Crippen molar-refractivity contribution in [3.8, 4) is 22.9 Å². The van der Waals surface area contributed by atoms with Crippen LogP contribution in [0.1, 0.15) is 89.5 Å². The normalized spacial score (nSPS) is 11.3. The molecule has 0 saturated carbocycles. The largest absolute Gasteiger partial charge is 0.494 e. The maximum Gasteiger partial charge on any atom is 0.119 e. The van der Waals surface area contributed by atoms with Crippen molar-refractivity contribution in [2.45, 2.75) is 84.0 Å². The average Bonchev–Trinajstić information content (AvgIpc) is 2.86. The average molecular weight is 444 g/mol. The Morgan fingerprint density at radius 3 is 1.82 bits per heavy atom. The van der Waals surface area contributed by atoms with E-state index >= 15 is 0 Å². The molecule has 33 heavy (non-hydrogen) atoms. The van der Waals surface area contributed by atoms with Gasteiger partial charge in [0.2, 0.25) is 0 Å². The molecule has 0 amide bonds. The molecule has 0 saturated heterocycles. The molecule has 2 heteroatoms. The number of unbranched alkanes of at least 4 members (excludes halogenated alkanes) is 9. The lowest BCUT2D eigenvalue weighted by Gasteiger charge is -2.08. The monoisotopic (exact) mass is 443 g/mol. The van der Waals surface area contributed by atoms with Gasteiger partial charge in [-0.05, 0) is 73.9 Å². The van der Waals surface area contributed by atoms with E-state index in [0.29, 0.717) is 5.56 Å². The first-order chi connectivity index (χ1) is 16.3. The number of hydrogen-bond acceptors (Lipinski definition) is 2. The summed E-state index contributed by atoms with van der Waals surface area (Å²) in [5, 5.41) is 8.91. The minimum atomic E-state index is 0.687. The molecule has 0 aromatic heterocycles. The molecule has 0 N–H and O–H groups in total. The lowest BCUT2D eigenvalue weighted by atomic mass is 10.0. The van der Waals surface area contributed by atoms with Crippen LogP contribution in [-0.2, 0) is 0 Å². The Balaban J connectivity index is 1.44. The standard InChI is InChI=1S/C31H41NO/c1-2-3-4-5-6-7-8-9-10-11-12-13-14-15-16-17-26-33-31-24-22-30(23-25-31)29-20-18-28(27-32)19-21-29/h6-7,9-10,18-25H,2-5,8,11-17,26H2,1H3/b7-6-,10-9-. The van der Waals surface area contributed by atoms with Gasteiger partial charge in [-0.2, -0.15) is 5.26 Å². The second kappa shape index (κ2) is 17.7. The van der Waals surface area contributed by atoms with Gasteiger partial charge in [0.25, 0.3) is 0 Å². The van der Waals surface area contributed by atoms with E-state index in [4.69, 9.17) is 10.00 Å². The van der Waals surface area contributed by atoms with Gasteiger partial charge in [-0.1, -0.05) is 94.0 Å². The SMILES string of the molecule is CCCCC/C=C\C/C=C\CCCCCCCCOc1ccc(-c2ccc(C#N)cc2)cc1. The molecule has 0 radical (unpaired) electrons. The summed E-state index contributed by atoms with van der Waals surface area (Å²) in [6.45, 7) is 3.04. The van der Waals surface area contributed by atoms with Crippen molar-refractivity contribution < 1.29 is 4.74 Å². The summed E-state index contributed by atoms with van der Waals surface area (Å²) in [6, 6.07) is 18.0. The van der Waals surface area contributed by atoms with Gasteiger partial charge in [0, 0.05) is 0 Å². The van der Waals surface area contributed by atoms with E-state index in [-0.39, 0.29) is 0 Å². The highest BCUT2D eigenvalue weighted by Crippen LogP contribution is 2.23. The molecule has 2 aromatic rings. The third-order valence-electron chi connectivity index (χ3n) is 5.82. The van der Waals surface area contributed by atoms with Crippen LogP contribution in [0.15, 0.2) is 72.8 Å². The summed E-state index contributed by atoms with van der Waals surface area (Å²) in [5.41, 5.74) is 2.94. The van der Waals surface area contributed by atoms with Gasteiger partial charge in [0.05, 0.1) is 18.2 Å². The molecule has 0 bridgehead atoms. The summed E-state index contributed by atoms with van der Waals surface area (Å²) in [7, 11) is 0. The van der Waals surface area contributed by atoms with E-state index in [1.54, 1.807) is 0 Å². The van der Waals surface area contributed by atoms with Gasteiger partial charge >= 0.3 is 0 Å². The highest BCUT2D eigenvalue weighted by Gasteiger charge is 2.00. The molecule has 2 aromatic carbocycles. The Morgan fingerprint density at radius 1 is 0.667 bits per heavy atom. The van der Waals surface area contributed by atoms with E-state index in [9.17, 15) is 0 Å². The predicted octanol–water partition coefficient (Wildman–Crippen LogP) is 9.42. The zero-order valence-corrected chi connectivity index (χ0v) is 20.5. The number of allylic oxidation sites excluding steroid dienone is 4. The molecule has 0 aliphatic rings. The van der Waals surface area contributed by atoms with E-state index in [1.165, 1.54) is 64.2 Å². The minimum Gasteiger partial charge on any atom is -0.494 e. The Kier molecular flexibility index (Phi) is 14.2. The summed E-state index contributed by atoms with van der Waals surface area (Å²) >= 11 is 0. The summed E-state index contributed by atoms with van der Waals surface area (Å²) in [5.74, 6) is 0.926. The third-order valence-corrected chi connectivity index (χ3v) is 5.82. The van der Waals surface area contributed by atoms with Crippen LogP contribution >= 0.6 is 0 Å². The third kappa shape index (κ3) is 12.1. The fraction of sp³-hybridized carbons (Fsp3) is 0.452. The molecule has 0 aliphatic carbocycles. The second-order valence-corrected chi connectivity index (χ2v) is 8.65. The Morgan fingerprint density at radius 2 is 1.21 bits per heavy atom. The Bertz CT molecular complexity index is 840.